The number of rotatable bonds is 4. The SMILES string of the molecule is Cc1cc2[nH]c(=O)c3cnn(C4CCOCC4)c3c2cc1C(=O)N1CCN(Cc2n[nH]cc2Cl)[C@@H](C)C1. The molecule has 1 atom stereocenters. The van der Waals surface area contributed by atoms with E-state index in [4.69, 9.17) is 16.3 Å². The third-order valence-corrected chi connectivity index (χ3v) is 8.07. The average molecular weight is 524 g/mol. The van der Waals surface area contributed by atoms with Gasteiger partial charge in [0.2, 0.25) is 0 Å². The minimum absolute atomic E-state index is 0.000170. The van der Waals surface area contributed by atoms with E-state index in [1.54, 1.807) is 12.4 Å². The van der Waals surface area contributed by atoms with Crippen molar-refractivity contribution in [3.63, 3.8) is 0 Å². The highest BCUT2D eigenvalue weighted by atomic mass is 35.5. The van der Waals surface area contributed by atoms with Gasteiger partial charge in [-0.15, -0.1) is 0 Å². The highest BCUT2D eigenvalue weighted by Crippen LogP contribution is 2.30. The first-order valence-corrected chi connectivity index (χ1v) is 13.1. The molecule has 2 aliphatic heterocycles. The van der Waals surface area contributed by atoms with Gasteiger partial charge in [0, 0.05) is 62.6 Å². The van der Waals surface area contributed by atoms with Gasteiger partial charge in [-0.2, -0.15) is 10.2 Å². The van der Waals surface area contributed by atoms with Crippen molar-refractivity contribution >= 4 is 39.3 Å². The Kier molecular flexibility index (Phi) is 6.26. The minimum Gasteiger partial charge on any atom is -0.381 e. The molecule has 0 saturated carbocycles. The molecule has 37 heavy (non-hydrogen) atoms. The Morgan fingerprint density at radius 2 is 2.03 bits per heavy atom. The Hall–Kier alpha value is -3.21. The smallest absolute Gasteiger partial charge is 0.259 e. The van der Waals surface area contributed by atoms with E-state index >= 15 is 0 Å². The van der Waals surface area contributed by atoms with Crippen LogP contribution in [0.3, 0.4) is 0 Å². The molecule has 194 valence electrons. The van der Waals surface area contributed by atoms with Crippen molar-refractivity contribution in [1.82, 2.24) is 34.8 Å². The summed E-state index contributed by atoms with van der Waals surface area (Å²) in [6.07, 6.45) is 5.00. The van der Waals surface area contributed by atoms with Crippen LogP contribution in [0.2, 0.25) is 5.02 Å². The zero-order valence-electron chi connectivity index (χ0n) is 21.0. The molecule has 0 bridgehead atoms. The minimum atomic E-state index is -0.166. The second kappa shape index (κ2) is 9.59. The number of aromatic amines is 2. The summed E-state index contributed by atoms with van der Waals surface area (Å²) >= 11 is 6.22. The molecule has 11 heteroatoms. The molecule has 2 N–H and O–H groups in total. The first kappa shape index (κ1) is 24.1. The van der Waals surface area contributed by atoms with Gasteiger partial charge < -0.3 is 14.6 Å². The van der Waals surface area contributed by atoms with Gasteiger partial charge in [0.05, 0.1) is 39.4 Å². The summed E-state index contributed by atoms with van der Waals surface area (Å²) in [6.45, 7) is 7.99. The second-order valence-electron chi connectivity index (χ2n) is 10.1. The van der Waals surface area contributed by atoms with Crippen molar-refractivity contribution in [2.75, 3.05) is 32.8 Å². The number of H-pyrrole nitrogens is 2. The Labute approximate surface area is 218 Å². The number of aromatic nitrogens is 5. The zero-order chi connectivity index (χ0) is 25.7. The lowest BCUT2D eigenvalue weighted by atomic mass is 10.0. The van der Waals surface area contributed by atoms with Gasteiger partial charge >= 0.3 is 0 Å². The summed E-state index contributed by atoms with van der Waals surface area (Å²) in [4.78, 5) is 33.8. The van der Waals surface area contributed by atoms with E-state index < -0.39 is 0 Å². The number of aryl methyl sites for hydroxylation is 1. The number of carbonyl (C=O) groups is 1. The maximum atomic E-state index is 13.8. The number of nitrogens with zero attached hydrogens (tertiary/aromatic N) is 5. The lowest BCUT2D eigenvalue weighted by molar-refractivity contribution is 0.0491. The number of hydrogen-bond acceptors (Lipinski definition) is 6. The normalized spacial score (nSPS) is 19.8. The van der Waals surface area contributed by atoms with Crippen LogP contribution in [0.1, 0.15) is 47.4 Å². The fraction of sp³-hybridized carbons (Fsp3) is 0.462. The molecule has 1 amide bonds. The summed E-state index contributed by atoms with van der Waals surface area (Å²) in [5, 5.41) is 13.6. The number of piperazine rings is 1. The van der Waals surface area contributed by atoms with Gasteiger partial charge in [0.15, 0.2) is 0 Å². The van der Waals surface area contributed by atoms with Crippen molar-refractivity contribution in [3.8, 4) is 0 Å². The Morgan fingerprint density at radius 3 is 2.76 bits per heavy atom. The monoisotopic (exact) mass is 523 g/mol. The van der Waals surface area contributed by atoms with E-state index in [-0.39, 0.29) is 23.6 Å². The molecular weight excluding hydrogens is 494 g/mol. The third kappa shape index (κ3) is 4.32. The Bertz CT molecular complexity index is 1530. The van der Waals surface area contributed by atoms with Gasteiger partial charge in [-0.05, 0) is 44.4 Å². The molecular formula is C26H30ClN7O3. The molecule has 2 fully saturated rings. The predicted molar refractivity (Wildman–Crippen MR) is 141 cm³/mol. The summed E-state index contributed by atoms with van der Waals surface area (Å²) in [7, 11) is 0. The summed E-state index contributed by atoms with van der Waals surface area (Å²) < 4.78 is 7.49. The van der Waals surface area contributed by atoms with Crippen molar-refractivity contribution < 1.29 is 9.53 Å². The number of hydrogen-bond donors (Lipinski definition) is 2. The summed E-state index contributed by atoms with van der Waals surface area (Å²) in [5.41, 5.74) is 3.64. The Morgan fingerprint density at radius 1 is 1.22 bits per heavy atom. The van der Waals surface area contributed by atoms with Gasteiger partial charge in [-0.1, -0.05) is 11.6 Å². The van der Waals surface area contributed by atoms with E-state index in [9.17, 15) is 9.59 Å². The maximum Gasteiger partial charge on any atom is 0.259 e. The number of amides is 1. The number of halogens is 1. The molecule has 2 aliphatic rings. The fourth-order valence-electron chi connectivity index (χ4n) is 5.62. The van der Waals surface area contributed by atoms with Crippen LogP contribution < -0.4 is 5.56 Å². The summed E-state index contributed by atoms with van der Waals surface area (Å²) in [5.74, 6) is 0.000170. The van der Waals surface area contributed by atoms with E-state index in [0.717, 1.165) is 47.1 Å². The van der Waals surface area contributed by atoms with Crippen LogP contribution in [-0.4, -0.2) is 79.6 Å². The van der Waals surface area contributed by atoms with Crippen molar-refractivity contribution in [2.24, 2.45) is 0 Å². The highest BCUT2D eigenvalue weighted by molar-refractivity contribution is 6.31. The molecule has 2 saturated heterocycles. The van der Waals surface area contributed by atoms with Crippen molar-refractivity contribution in [2.45, 2.75) is 45.3 Å². The first-order valence-electron chi connectivity index (χ1n) is 12.7. The van der Waals surface area contributed by atoms with E-state index in [0.29, 0.717) is 48.8 Å². The second-order valence-corrected chi connectivity index (χ2v) is 10.5. The lowest BCUT2D eigenvalue weighted by Crippen LogP contribution is -2.53. The molecule has 4 aromatic rings. The number of ether oxygens (including phenoxy) is 1. The van der Waals surface area contributed by atoms with Crippen LogP contribution in [-0.2, 0) is 11.3 Å². The Balaban J connectivity index is 1.32. The zero-order valence-corrected chi connectivity index (χ0v) is 21.7. The number of pyridine rings is 1. The predicted octanol–water partition coefficient (Wildman–Crippen LogP) is 3.26. The molecule has 6 rings (SSSR count). The van der Waals surface area contributed by atoms with Crippen molar-refractivity contribution in [1.29, 1.82) is 0 Å². The van der Waals surface area contributed by atoms with Crippen LogP contribution in [0, 0.1) is 6.92 Å². The molecule has 0 unspecified atom stereocenters. The molecule has 0 aliphatic carbocycles. The quantitative estimate of drug-likeness (QED) is 0.424. The largest absolute Gasteiger partial charge is 0.381 e. The molecule has 10 nitrogen and oxygen atoms in total. The number of nitrogens with one attached hydrogen (secondary N) is 2. The average Bonchev–Trinajstić information content (AvgIpc) is 3.52. The van der Waals surface area contributed by atoms with Crippen LogP contribution in [0.5, 0.6) is 0 Å². The van der Waals surface area contributed by atoms with Gasteiger partial charge in [-0.25, -0.2) is 0 Å². The van der Waals surface area contributed by atoms with E-state index in [2.05, 4.69) is 32.1 Å². The topological polar surface area (TPSA) is 112 Å². The van der Waals surface area contributed by atoms with Crippen LogP contribution in [0.15, 0.2) is 29.3 Å². The summed E-state index contributed by atoms with van der Waals surface area (Å²) in [6, 6.07) is 4.16. The molecule has 5 heterocycles. The van der Waals surface area contributed by atoms with Gasteiger partial charge in [0.1, 0.15) is 0 Å². The van der Waals surface area contributed by atoms with Crippen LogP contribution in [0.25, 0.3) is 21.8 Å². The molecule has 3 aromatic heterocycles. The van der Waals surface area contributed by atoms with Gasteiger partial charge in [-0.3, -0.25) is 24.3 Å². The molecule has 0 radical (unpaired) electrons. The van der Waals surface area contributed by atoms with E-state index in [1.807, 2.05) is 28.6 Å². The third-order valence-electron chi connectivity index (χ3n) is 7.75. The first-order chi connectivity index (χ1) is 17.9. The van der Waals surface area contributed by atoms with Crippen molar-refractivity contribution in [3.05, 3.63) is 56.7 Å². The maximum absolute atomic E-state index is 13.8. The molecule has 0 spiro atoms. The van der Waals surface area contributed by atoms with Crippen LogP contribution in [0.4, 0.5) is 0 Å². The van der Waals surface area contributed by atoms with Crippen LogP contribution >= 0.6 is 11.6 Å². The molecule has 1 aromatic carbocycles. The number of fused-ring (bicyclic) bond motifs is 3. The highest BCUT2D eigenvalue weighted by Gasteiger charge is 2.29. The lowest BCUT2D eigenvalue weighted by Gasteiger charge is -2.39. The number of benzene rings is 1. The standard InChI is InChI=1S/C26H30ClN7O3/c1-15-9-22-19(24-20(25(35)30-22)11-29-34(24)17-3-7-37-8-4-17)10-18(15)26(36)33-6-5-32(16(2)13-33)14-23-21(27)12-28-31-23/h9-12,16-17H,3-8,13-14H2,1-2H3,(H,28,31)(H,30,35)/t16-/m0/s1. The van der Waals surface area contributed by atoms with Gasteiger partial charge in [0.25, 0.3) is 11.5 Å². The van der Waals surface area contributed by atoms with E-state index in [1.165, 1.54) is 0 Å². The fourth-order valence-corrected chi connectivity index (χ4v) is 5.77. The number of carbonyl (C=O) groups excluding carboxylic acids is 1.